The normalized spacial score (nSPS) is 10.7. The molecule has 4 nitrogen and oxygen atoms in total. The summed E-state index contributed by atoms with van der Waals surface area (Å²) in [4.78, 5) is 12.3. The molecule has 0 radical (unpaired) electrons. The van der Waals surface area contributed by atoms with Crippen molar-refractivity contribution in [2.45, 2.75) is 26.2 Å². The van der Waals surface area contributed by atoms with Crippen LogP contribution >= 0.6 is 0 Å². The highest BCUT2D eigenvalue weighted by atomic mass is 19.2. The van der Waals surface area contributed by atoms with Crippen LogP contribution in [0.3, 0.4) is 0 Å². The second-order valence-corrected chi connectivity index (χ2v) is 5.98. The summed E-state index contributed by atoms with van der Waals surface area (Å²) in [5, 5.41) is 7.21. The summed E-state index contributed by atoms with van der Waals surface area (Å²) in [5.74, 6) is -2.19. The van der Waals surface area contributed by atoms with Gasteiger partial charge in [-0.3, -0.25) is 4.79 Å². The summed E-state index contributed by atoms with van der Waals surface area (Å²) < 4.78 is 28.1. The lowest BCUT2D eigenvalue weighted by molar-refractivity contribution is -0.115. The van der Waals surface area contributed by atoms with Crippen LogP contribution in [0.2, 0.25) is 0 Å². The SMILES string of the molecule is CCCc1c(NC(=O)Cc2ccc(F)c(F)c2)cnn1-c1ccccc1. The average molecular weight is 355 g/mol. The first-order valence-corrected chi connectivity index (χ1v) is 8.44. The fraction of sp³-hybridized carbons (Fsp3) is 0.200. The molecule has 1 heterocycles. The van der Waals surface area contributed by atoms with Crippen LogP contribution in [0.25, 0.3) is 5.69 Å². The van der Waals surface area contributed by atoms with Crippen molar-refractivity contribution in [2.24, 2.45) is 0 Å². The zero-order chi connectivity index (χ0) is 18.5. The van der Waals surface area contributed by atoms with Crippen molar-refractivity contribution in [3.63, 3.8) is 0 Å². The first kappa shape index (κ1) is 17.8. The number of para-hydroxylation sites is 1. The molecule has 2 aromatic carbocycles. The molecule has 1 N–H and O–H groups in total. The van der Waals surface area contributed by atoms with E-state index in [1.54, 1.807) is 10.9 Å². The van der Waals surface area contributed by atoms with Crippen LogP contribution in [0, 0.1) is 11.6 Å². The number of carbonyl (C=O) groups is 1. The lowest BCUT2D eigenvalue weighted by atomic mass is 10.1. The van der Waals surface area contributed by atoms with Gasteiger partial charge in [-0.2, -0.15) is 5.10 Å². The predicted octanol–water partition coefficient (Wildman–Crippen LogP) is 4.28. The van der Waals surface area contributed by atoms with Gasteiger partial charge in [-0.15, -0.1) is 0 Å². The van der Waals surface area contributed by atoms with Crippen molar-refractivity contribution in [1.29, 1.82) is 0 Å². The molecule has 0 aliphatic carbocycles. The summed E-state index contributed by atoms with van der Waals surface area (Å²) >= 11 is 0. The van der Waals surface area contributed by atoms with E-state index in [4.69, 9.17) is 0 Å². The van der Waals surface area contributed by atoms with E-state index in [0.717, 1.165) is 36.4 Å². The number of carbonyl (C=O) groups excluding carboxylic acids is 1. The molecule has 0 aliphatic heterocycles. The monoisotopic (exact) mass is 355 g/mol. The Bertz CT molecular complexity index is 907. The van der Waals surface area contributed by atoms with Gasteiger partial charge in [0.25, 0.3) is 0 Å². The second-order valence-electron chi connectivity index (χ2n) is 5.98. The fourth-order valence-electron chi connectivity index (χ4n) is 2.78. The van der Waals surface area contributed by atoms with E-state index in [0.29, 0.717) is 11.3 Å². The topological polar surface area (TPSA) is 46.9 Å². The molecular formula is C20H19F2N3O. The van der Waals surface area contributed by atoms with Crippen LogP contribution in [-0.4, -0.2) is 15.7 Å². The first-order chi connectivity index (χ1) is 12.6. The van der Waals surface area contributed by atoms with Crippen molar-refractivity contribution >= 4 is 11.6 Å². The van der Waals surface area contributed by atoms with Gasteiger partial charge >= 0.3 is 0 Å². The molecular weight excluding hydrogens is 336 g/mol. The quantitative estimate of drug-likeness (QED) is 0.717. The van der Waals surface area contributed by atoms with E-state index in [1.165, 1.54) is 6.07 Å². The summed E-state index contributed by atoms with van der Waals surface area (Å²) in [6, 6.07) is 13.1. The van der Waals surface area contributed by atoms with Crippen LogP contribution in [0.15, 0.2) is 54.7 Å². The van der Waals surface area contributed by atoms with E-state index in [-0.39, 0.29) is 12.3 Å². The highest BCUT2D eigenvalue weighted by molar-refractivity contribution is 5.92. The molecule has 134 valence electrons. The highest BCUT2D eigenvalue weighted by Gasteiger charge is 2.15. The smallest absolute Gasteiger partial charge is 0.228 e. The molecule has 26 heavy (non-hydrogen) atoms. The summed E-state index contributed by atoms with van der Waals surface area (Å²) in [6.07, 6.45) is 3.21. The van der Waals surface area contributed by atoms with E-state index in [9.17, 15) is 13.6 Å². The Balaban J connectivity index is 1.79. The zero-order valence-corrected chi connectivity index (χ0v) is 14.4. The van der Waals surface area contributed by atoms with Crippen molar-refractivity contribution < 1.29 is 13.6 Å². The highest BCUT2D eigenvalue weighted by Crippen LogP contribution is 2.21. The molecule has 0 spiro atoms. The Labute approximate surface area is 150 Å². The van der Waals surface area contributed by atoms with Gasteiger partial charge in [0.1, 0.15) is 0 Å². The van der Waals surface area contributed by atoms with Gasteiger partial charge in [0, 0.05) is 0 Å². The molecule has 6 heteroatoms. The summed E-state index contributed by atoms with van der Waals surface area (Å²) in [7, 11) is 0. The molecule has 0 unspecified atom stereocenters. The number of benzene rings is 2. The van der Waals surface area contributed by atoms with Gasteiger partial charge in [0.15, 0.2) is 11.6 Å². The number of hydrogen-bond donors (Lipinski definition) is 1. The van der Waals surface area contributed by atoms with Crippen molar-refractivity contribution in [1.82, 2.24) is 9.78 Å². The second kappa shape index (κ2) is 7.91. The van der Waals surface area contributed by atoms with Gasteiger partial charge in [-0.1, -0.05) is 37.6 Å². The van der Waals surface area contributed by atoms with E-state index < -0.39 is 11.6 Å². The minimum atomic E-state index is -0.959. The predicted molar refractivity (Wildman–Crippen MR) is 96.3 cm³/mol. The van der Waals surface area contributed by atoms with E-state index in [1.807, 2.05) is 30.3 Å². The third kappa shape index (κ3) is 3.96. The molecule has 0 atom stereocenters. The third-order valence-electron chi connectivity index (χ3n) is 3.98. The number of nitrogens with zero attached hydrogens (tertiary/aromatic N) is 2. The van der Waals surface area contributed by atoms with E-state index >= 15 is 0 Å². The number of rotatable bonds is 6. The molecule has 3 rings (SSSR count). The standard InChI is InChI=1S/C20H19F2N3O/c1-2-6-19-18(13-23-25(19)15-7-4-3-5-8-15)24-20(26)12-14-9-10-16(21)17(22)11-14/h3-5,7-11,13H,2,6,12H2,1H3,(H,24,26). The average Bonchev–Trinajstić information content (AvgIpc) is 3.02. The Morgan fingerprint density at radius 1 is 1.12 bits per heavy atom. The van der Waals surface area contributed by atoms with Crippen LogP contribution < -0.4 is 5.32 Å². The lowest BCUT2D eigenvalue weighted by Crippen LogP contribution is -2.16. The van der Waals surface area contributed by atoms with Crippen molar-refractivity contribution in [3.05, 3.63) is 77.6 Å². The largest absolute Gasteiger partial charge is 0.323 e. The Morgan fingerprint density at radius 3 is 2.58 bits per heavy atom. The molecule has 3 aromatic rings. The molecule has 0 saturated carbocycles. The maximum Gasteiger partial charge on any atom is 0.228 e. The maximum atomic E-state index is 13.3. The number of halogens is 2. The molecule has 0 saturated heterocycles. The minimum Gasteiger partial charge on any atom is -0.323 e. The maximum absolute atomic E-state index is 13.3. The summed E-state index contributed by atoms with van der Waals surface area (Å²) in [6.45, 7) is 2.05. The van der Waals surface area contributed by atoms with Crippen molar-refractivity contribution in [3.8, 4) is 5.69 Å². The van der Waals surface area contributed by atoms with Crippen LogP contribution in [-0.2, 0) is 17.6 Å². The van der Waals surface area contributed by atoms with Gasteiger partial charge in [-0.05, 0) is 36.2 Å². The Kier molecular flexibility index (Phi) is 5.41. The Morgan fingerprint density at radius 2 is 1.88 bits per heavy atom. The number of nitrogens with one attached hydrogen (secondary N) is 1. The molecule has 1 amide bonds. The first-order valence-electron chi connectivity index (χ1n) is 8.44. The minimum absolute atomic E-state index is 0.0424. The zero-order valence-electron chi connectivity index (χ0n) is 14.4. The molecule has 0 aliphatic rings. The van der Waals surface area contributed by atoms with Gasteiger partial charge in [0.05, 0.1) is 29.7 Å². The number of anilines is 1. The Hall–Kier alpha value is -3.02. The van der Waals surface area contributed by atoms with Crippen LogP contribution in [0.1, 0.15) is 24.6 Å². The summed E-state index contributed by atoms with van der Waals surface area (Å²) in [5.41, 5.74) is 2.85. The van der Waals surface area contributed by atoms with Crippen molar-refractivity contribution in [2.75, 3.05) is 5.32 Å². The van der Waals surface area contributed by atoms with E-state index in [2.05, 4.69) is 17.3 Å². The number of hydrogen-bond acceptors (Lipinski definition) is 2. The molecule has 0 bridgehead atoms. The van der Waals surface area contributed by atoms with Gasteiger partial charge in [-0.25, -0.2) is 13.5 Å². The lowest BCUT2D eigenvalue weighted by Gasteiger charge is -2.10. The molecule has 0 fully saturated rings. The third-order valence-corrected chi connectivity index (χ3v) is 3.98. The fourth-order valence-corrected chi connectivity index (χ4v) is 2.78. The van der Waals surface area contributed by atoms with Gasteiger partial charge < -0.3 is 5.32 Å². The van der Waals surface area contributed by atoms with Crippen LogP contribution in [0.4, 0.5) is 14.5 Å². The number of amides is 1. The number of aromatic nitrogens is 2. The van der Waals surface area contributed by atoms with Crippen LogP contribution in [0.5, 0.6) is 0 Å². The van der Waals surface area contributed by atoms with Gasteiger partial charge in [0.2, 0.25) is 5.91 Å². The molecule has 1 aromatic heterocycles.